The lowest BCUT2D eigenvalue weighted by Crippen LogP contribution is -2.42. The molecule has 0 aliphatic heterocycles. The summed E-state index contributed by atoms with van der Waals surface area (Å²) < 4.78 is 10.5. The van der Waals surface area contributed by atoms with Gasteiger partial charge in [-0.3, -0.25) is 9.59 Å². The highest BCUT2D eigenvalue weighted by atomic mass is 16.6. The number of hydrogen-bond acceptors (Lipinski definition) is 4. The molecular weight excluding hydrogens is 256 g/mol. The SMILES string of the molecule is CCCOC(=O)C(CC)(CC)C(=O)Oc1ccccc1. The van der Waals surface area contributed by atoms with Crippen LogP contribution in [0.4, 0.5) is 0 Å². The van der Waals surface area contributed by atoms with Crippen LogP contribution in [0, 0.1) is 5.41 Å². The minimum atomic E-state index is -1.22. The van der Waals surface area contributed by atoms with Crippen molar-refractivity contribution >= 4 is 11.9 Å². The van der Waals surface area contributed by atoms with Crippen molar-refractivity contribution in [3.8, 4) is 5.75 Å². The Balaban J connectivity index is 2.88. The smallest absolute Gasteiger partial charge is 0.328 e. The summed E-state index contributed by atoms with van der Waals surface area (Å²) in [5.41, 5.74) is -1.22. The molecule has 0 saturated carbocycles. The van der Waals surface area contributed by atoms with Crippen molar-refractivity contribution in [2.45, 2.75) is 40.0 Å². The fraction of sp³-hybridized carbons (Fsp3) is 0.500. The first-order valence-corrected chi connectivity index (χ1v) is 7.05. The second-order valence-electron chi connectivity index (χ2n) is 4.63. The summed E-state index contributed by atoms with van der Waals surface area (Å²) in [4.78, 5) is 24.6. The Morgan fingerprint density at radius 2 is 1.60 bits per heavy atom. The summed E-state index contributed by atoms with van der Waals surface area (Å²) >= 11 is 0. The summed E-state index contributed by atoms with van der Waals surface area (Å²) in [6, 6.07) is 8.76. The van der Waals surface area contributed by atoms with Crippen molar-refractivity contribution in [3.63, 3.8) is 0 Å². The average molecular weight is 278 g/mol. The van der Waals surface area contributed by atoms with E-state index < -0.39 is 17.4 Å². The highest BCUT2D eigenvalue weighted by molar-refractivity contribution is 6.00. The van der Waals surface area contributed by atoms with Gasteiger partial charge in [0.05, 0.1) is 6.61 Å². The predicted molar refractivity (Wildman–Crippen MR) is 76.3 cm³/mol. The Morgan fingerprint density at radius 3 is 2.10 bits per heavy atom. The standard InChI is InChI=1S/C16H22O4/c1-4-12-19-14(17)16(5-2,6-3)15(18)20-13-10-8-7-9-11-13/h7-11H,4-6,12H2,1-3H3. The van der Waals surface area contributed by atoms with Gasteiger partial charge in [0.1, 0.15) is 5.75 Å². The van der Waals surface area contributed by atoms with E-state index in [0.29, 0.717) is 25.2 Å². The van der Waals surface area contributed by atoms with E-state index in [9.17, 15) is 9.59 Å². The van der Waals surface area contributed by atoms with Gasteiger partial charge < -0.3 is 9.47 Å². The molecule has 0 aliphatic rings. The third-order valence-corrected chi connectivity index (χ3v) is 3.38. The van der Waals surface area contributed by atoms with E-state index in [2.05, 4.69) is 0 Å². The van der Waals surface area contributed by atoms with Gasteiger partial charge in [-0.25, -0.2) is 0 Å². The summed E-state index contributed by atoms with van der Waals surface area (Å²) in [5, 5.41) is 0. The molecule has 0 fully saturated rings. The number of benzene rings is 1. The van der Waals surface area contributed by atoms with Gasteiger partial charge in [0.2, 0.25) is 0 Å². The fourth-order valence-electron chi connectivity index (χ4n) is 1.94. The van der Waals surface area contributed by atoms with Crippen LogP contribution >= 0.6 is 0 Å². The van der Waals surface area contributed by atoms with Crippen LogP contribution in [-0.4, -0.2) is 18.5 Å². The summed E-state index contributed by atoms with van der Waals surface area (Å²) in [6.45, 7) is 5.82. The molecule has 0 spiro atoms. The fourth-order valence-corrected chi connectivity index (χ4v) is 1.94. The minimum absolute atomic E-state index is 0.319. The molecule has 0 atom stereocenters. The van der Waals surface area contributed by atoms with Crippen molar-refractivity contribution in [2.75, 3.05) is 6.61 Å². The van der Waals surface area contributed by atoms with Crippen LogP contribution in [-0.2, 0) is 14.3 Å². The van der Waals surface area contributed by atoms with E-state index in [-0.39, 0.29) is 0 Å². The predicted octanol–water partition coefficient (Wildman–Crippen LogP) is 3.35. The molecule has 0 bridgehead atoms. The lowest BCUT2D eigenvalue weighted by Gasteiger charge is -2.26. The monoisotopic (exact) mass is 278 g/mol. The van der Waals surface area contributed by atoms with Gasteiger partial charge >= 0.3 is 11.9 Å². The Hall–Kier alpha value is -1.84. The molecule has 0 saturated heterocycles. The molecule has 20 heavy (non-hydrogen) atoms. The Morgan fingerprint density at radius 1 is 1.00 bits per heavy atom. The zero-order valence-corrected chi connectivity index (χ0v) is 12.3. The Bertz CT molecular complexity index is 435. The van der Waals surface area contributed by atoms with Crippen LogP contribution in [0.1, 0.15) is 40.0 Å². The van der Waals surface area contributed by atoms with Gasteiger partial charge in [-0.1, -0.05) is 39.0 Å². The van der Waals surface area contributed by atoms with Crippen LogP contribution in [0.5, 0.6) is 5.75 Å². The molecule has 0 aliphatic carbocycles. The van der Waals surface area contributed by atoms with Gasteiger partial charge in [-0.15, -0.1) is 0 Å². The minimum Gasteiger partial charge on any atom is -0.465 e. The van der Waals surface area contributed by atoms with E-state index in [1.165, 1.54) is 0 Å². The topological polar surface area (TPSA) is 52.6 Å². The normalized spacial score (nSPS) is 10.9. The quantitative estimate of drug-likeness (QED) is 0.436. The average Bonchev–Trinajstić information content (AvgIpc) is 2.48. The van der Waals surface area contributed by atoms with Gasteiger partial charge in [-0.2, -0.15) is 0 Å². The van der Waals surface area contributed by atoms with E-state index in [0.717, 1.165) is 6.42 Å². The maximum absolute atomic E-state index is 12.4. The van der Waals surface area contributed by atoms with Gasteiger partial charge in [0.15, 0.2) is 5.41 Å². The van der Waals surface area contributed by atoms with Crippen LogP contribution in [0.25, 0.3) is 0 Å². The third-order valence-electron chi connectivity index (χ3n) is 3.38. The summed E-state index contributed by atoms with van der Waals surface area (Å²) in [7, 11) is 0. The molecule has 110 valence electrons. The molecule has 0 N–H and O–H groups in total. The van der Waals surface area contributed by atoms with Gasteiger partial charge in [0, 0.05) is 0 Å². The number of carbonyl (C=O) groups is 2. The Labute approximate surface area is 120 Å². The first kappa shape index (κ1) is 16.2. The molecule has 0 unspecified atom stereocenters. The first-order chi connectivity index (χ1) is 9.60. The summed E-state index contributed by atoms with van der Waals surface area (Å²) in [5.74, 6) is -0.604. The lowest BCUT2D eigenvalue weighted by atomic mass is 9.82. The number of rotatable bonds is 7. The molecule has 1 aromatic rings. The molecule has 0 aromatic heterocycles. The molecule has 4 heteroatoms. The highest BCUT2D eigenvalue weighted by Gasteiger charge is 2.46. The number of ether oxygens (including phenoxy) is 2. The van der Waals surface area contributed by atoms with E-state index in [1.807, 2.05) is 13.0 Å². The van der Waals surface area contributed by atoms with Gasteiger partial charge in [-0.05, 0) is 31.4 Å². The largest absolute Gasteiger partial charge is 0.465 e. The van der Waals surface area contributed by atoms with Crippen molar-refractivity contribution in [1.82, 2.24) is 0 Å². The number of carbonyl (C=O) groups excluding carboxylic acids is 2. The number of para-hydroxylation sites is 1. The second kappa shape index (κ2) is 7.68. The lowest BCUT2D eigenvalue weighted by molar-refractivity contribution is -0.168. The maximum atomic E-state index is 12.4. The van der Waals surface area contributed by atoms with E-state index in [4.69, 9.17) is 9.47 Å². The number of esters is 2. The molecule has 1 aromatic carbocycles. The van der Waals surface area contributed by atoms with E-state index >= 15 is 0 Å². The van der Waals surface area contributed by atoms with Crippen molar-refractivity contribution < 1.29 is 19.1 Å². The van der Waals surface area contributed by atoms with Crippen LogP contribution in [0.3, 0.4) is 0 Å². The molecule has 4 nitrogen and oxygen atoms in total. The number of hydrogen-bond donors (Lipinski definition) is 0. The summed E-state index contributed by atoms with van der Waals surface area (Å²) in [6.07, 6.45) is 1.44. The van der Waals surface area contributed by atoms with Crippen LogP contribution in [0.2, 0.25) is 0 Å². The maximum Gasteiger partial charge on any atom is 0.328 e. The van der Waals surface area contributed by atoms with Crippen LogP contribution < -0.4 is 4.74 Å². The van der Waals surface area contributed by atoms with Crippen LogP contribution in [0.15, 0.2) is 30.3 Å². The molecular formula is C16H22O4. The molecule has 0 radical (unpaired) electrons. The van der Waals surface area contributed by atoms with E-state index in [1.54, 1.807) is 38.1 Å². The zero-order chi connectivity index (χ0) is 15.0. The second-order valence-corrected chi connectivity index (χ2v) is 4.63. The van der Waals surface area contributed by atoms with Crippen molar-refractivity contribution in [3.05, 3.63) is 30.3 Å². The Kier molecular flexibility index (Phi) is 6.22. The molecule has 1 rings (SSSR count). The molecule has 0 amide bonds. The third kappa shape index (κ3) is 3.59. The van der Waals surface area contributed by atoms with Crippen molar-refractivity contribution in [2.24, 2.45) is 5.41 Å². The first-order valence-electron chi connectivity index (χ1n) is 7.05. The zero-order valence-electron chi connectivity index (χ0n) is 12.3. The highest BCUT2D eigenvalue weighted by Crippen LogP contribution is 2.31. The van der Waals surface area contributed by atoms with Crippen molar-refractivity contribution in [1.29, 1.82) is 0 Å². The van der Waals surface area contributed by atoms with Gasteiger partial charge in [0.25, 0.3) is 0 Å². The molecule has 0 heterocycles.